The molecule has 2 aliphatic rings. The van der Waals surface area contributed by atoms with Gasteiger partial charge in [0.15, 0.2) is 0 Å². The second-order valence-electron chi connectivity index (χ2n) is 7.44. The highest BCUT2D eigenvalue weighted by Gasteiger charge is 2.45. The Hall–Kier alpha value is -2.71. The highest BCUT2D eigenvalue weighted by molar-refractivity contribution is 7.89. The van der Waals surface area contributed by atoms with E-state index in [1.807, 2.05) is 30.3 Å². The van der Waals surface area contributed by atoms with E-state index < -0.39 is 16.1 Å². The summed E-state index contributed by atoms with van der Waals surface area (Å²) in [5.41, 5.74) is 1.27. The number of sulfonamides is 1. The standard InChI is InChI=1S/C21H23N3O4S/c1-23-14-19(25)24(16-11-12-16)20(17-9-5-6-10-18(17)29(23,27)28)21(26)22-13-15-7-3-2-4-8-15/h2-10,16,20H,11-14H2,1H3,(H,22,26). The predicted molar refractivity (Wildman–Crippen MR) is 107 cm³/mol. The van der Waals surface area contributed by atoms with Crippen LogP contribution < -0.4 is 5.32 Å². The van der Waals surface area contributed by atoms with E-state index in [1.165, 1.54) is 13.1 Å². The molecule has 7 nitrogen and oxygen atoms in total. The number of hydrogen-bond donors (Lipinski definition) is 1. The summed E-state index contributed by atoms with van der Waals surface area (Å²) in [6.45, 7) is 0.0212. The summed E-state index contributed by atoms with van der Waals surface area (Å²) in [6, 6.07) is 14.9. The summed E-state index contributed by atoms with van der Waals surface area (Å²) in [6.07, 6.45) is 1.62. The van der Waals surface area contributed by atoms with Gasteiger partial charge < -0.3 is 10.2 Å². The van der Waals surface area contributed by atoms with Crippen LogP contribution in [0.4, 0.5) is 0 Å². The lowest BCUT2D eigenvalue weighted by Crippen LogP contribution is -2.50. The van der Waals surface area contributed by atoms with Gasteiger partial charge in [-0.2, -0.15) is 4.31 Å². The van der Waals surface area contributed by atoms with Gasteiger partial charge >= 0.3 is 0 Å². The van der Waals surface area contributed by atoms with Gasteiger partial charge in [0, 0.05) is 25.2 Å². The molecule has 2 aromatic rings. The molecular weight excluding hydrogens is 390 g/mol. The number of carbonyl (C=O) groups excluding carboxylic acids is 2. The Labute approximate surface area is 170 Å². The molecule has 1 aliphatic carbocycles. The van der Waals surface area contributed by atoms with E-state index >= 15 is 0 Å². The van der Waals surface area contributed by atoms with Gasteiger partial charge in [-0.1, -0.05) is 48.5 Å². The molecule has 1 unspecified atom stereocenters. The Morgan fingerprint density at radius 3 is 2.41 bits per heavy atom. The molecule has 0 bridgehead atoms. The summed E-state index contributed by atoms with van der Waals surface area (Å²) in [5, 5.41) is 2.89. The fourth-order valence-electron chi connectivity index (χ4n) is 3.68. The normalized spacial score (nSPS) is 21.8. The molecule has 29 heavy (non-hydrogen) atoms. The molecular formula is C21H23N3O4S. The minimum Gasteiger partial charge on any atom is -0.350 e. The second-order valence-corrected chi connectivity index (χ2v) is 9.45. The van der Waals surface area contributed by atoms with E-state index in [9.17, 15) is 18.0 Å². The first kappa shape index (κ1) is 19.6. The smallest absolute Gasteiger partial charge is 0.247 e. The first-order valence-electron chi connectivity index (χ1n) is 9.57. The molecule has 4 rings (SSSR count). The van der Waals surface area contributed by atoms with Crippen LogP contribution in [0.1, 0.15) is 30.0 Å². The van der Waals surface area contributed by atoms with Crippen molar-refractivity contribution in [2.75, 3.05) is 13.6 Å². The Morgan fingerprint density at radius 2 is 1.72 bits per heavy atom. The number of fused-ring (bicyclic) bond motifs is 1. The number of nitrogens with zero attached hydrogens (tertiary/aromatic N) is 2. The van der Waals surface area contributed by atoms with E-state index in [1.54, 1.807) is 23.1 Å². The third-order valence-corrected chi connectivity index (χ3v) is 7.20. The second kappa shape index (κ2) is 7.61. The van der Waals surface area contributed by atoms with E-state index in [0.29, 0.717) is 12.1 Å². The molecule has 1 N–H and O–H groups in total. The summed E-state index contributed by atoms with van der Waals surface area (Å²) in [5.74, 6) is -0.728. The summed E-state index contributed by atoms with van der Waals surface area (Å²) < 4.78 is 27.0. The zero-order valence-corrected chi connectivity index (χ0v) is 16.9. The van der Waals surface area contributed by atoms with Crippen molar-refractivity contribution in [3.8, 4) is 0 Å². The molecule has 2 amide bonds. The highest BCUT2D eigenvalue weighted by atomic mass is 32.2. The molecule has 2 aromatic carbocycles. The van der Waals surface area contributed by atoms with Gasteiger partial charge in [0.05, 0.1) is 11.4 Å². The van der Waals surface area contributed by atoms with Crippen LogP contribution in [0, 0.1) is 0 Å². The molecule has 1 fully saturated rings. The van der Waals surface area contributed by atoms with Crippen molar-refractivity contribution in [3.05, 3.63) is 65.7 Å². The SMILES string of the molecule is CN1CC(=O)N(C2CC2)C(C(=O)NCc2ccccc2)c2ccccc2S1(=O)=O. The van der Waals surface area contributed by atoms with Gasteiger partial charge in [-0.15, -0.1) is 0 Å². The maximum atomic E-state index is 13.3. The average Bonchev–Trinajstić information content (AvgIpc) is 3.55. The van der Waals surface area contributed by atoms with Gasteiger partial charge in [-0.25, -0.2) is 8.42 Å². The van der Waals surface area contributed by atoms with Gasteiger partial charge in [-0.3, -0.25) is 9.59 Å². The van der Waals surface area contributed by atoms with Crippen LogP contribution in [-0.4, -0.2) is 49.1 Å². The zero-order chi connectivity index (χ0) is 20.6. The molecule has 1 heterocycles. The number of hydrogen-bond acceptors (Lipinski definition) is 4. The Balaban J connectivity index is 1.76. The van der Waals surface area contributed by atoms with Crippen molar-refractivity contribution in [3.63, 3.8) is 0 Å². The molecule has 8 heteroatoms. The Bertz CT molecular complexity index is 1030. The van der Waals surface area contributed by atoms with Crippen molar-refractivity contribution < 1.29 is 18.0 Å². The molecule has 152 valence electrons. The van der Waals surface area contributed by atoms with Crippen molar-refractivity contribution in [2.45, 2.75) is 36.4 Å². The number of benzene rings is 2. The largest absolute Gasteiger partial charge is 0.350 e. The minimum atomic E-state index is -3.87. The maximum Gasteiger partial charge on any atom is 0.247 e. The van der Waals surface area contributed by atoms with Gasteiger partial charge in [-0.05, 0) is 24.5 Å². The monoisotopic (exact) mass is 413 g/mol. The average molecular weight is 413 g/mol. The maximum absolute atomic E-state index is 13.3. The number of nitrogens with one attached hydrogen (secondary N) is 1. The van der Waals surface area contributed by atoms with Crippen molar-refractivity contribution in [1.29, 1.82) is 0 Å². The number of carbonyl (C=O) groups is 2. The topological polar surface area (TPSA) is 86.8 Å². The van der Waals surface area contributed by atoms with Crippen LogP contribution in [0.25, 0.3) is 0 Å². The third kappa shape index (κ3) is 3.77. The zero-order valence-electron chi connectivity index (χ0n) is 16.1. The highest BCUT2D eigenvalue weighted by Crippen LogP contribution is 2.39. The third-order valence-electron chi connectivity index (χ3n) is 5.32. The first-order chi connectivity index (χ1) is 13.9. The lowest BCUT2D eigenvalue weighted by atomic mass is 10.0. The number of rotatable bonds is 4. The van der Waals surface area contributed by atoms with Gasteiger partial charge in [0.25, 0.3) is 0 Å². The molecule has 0 spiro atoms. The lowest BCUT2D eigenvalue weighted by molar-refractivity contribution is -0.142. The minimum absolute atomic E-state index is 0.0442. The number of amides is 2. The van der Waals surface area contributed by atoms with E-state index in [-0.39, 0.29) is 29.3 Å². The van der Waals surface area contributed by atoms with Crippen molar-refractivity contribution in [2.24, 2.45) is 0 Å². The molecule has 1 saturated carbocycles. The van der Waals surface area contributed by atoms with Crippen LogP contribution in [0.3, 0.4) is 0 Å². The van der Waals surface area contributed by atoms with E-state index in [2.05, 4.69) is 5.32 Å². The molecule has 1 aliphatic heterocycles. The molecule has 0 aromatic heterocycles. The predicted octanol–water partition coefficient (Wildman–Crippen LogP) is 1.67. The fourth-order valence-corrected chi connectivity index (χ4v) is 5.02. The summed E-state index contributed by atoms with van der Waals surface area (Å²) in [4.78, 5) is 27.9. The quantitative estimate of drug-likeness (QED) is 0.826. The number of likely N-dealkylation sites (N-methyl/N-ethyl adjacent to an activating group) is 1. The Morgan fingerprint density at radius 1 is 1.07 bits per heavy atom. The van der Waals surface area contributed by atoms with Crippen LogP contribution in [0.5, 0.6) is 0 Å². The lowest BCUT2D eigenvalue weighted by Gasteiger charge is -2.36. The summed E-state index contributed by atoms with van der Waals surface area (Å²) >= 11 is 0. The first-order valence-corrected chi connectivity index (χ1v) is 11.0. The van der Waals surface area contributed by atoms with Gasteiger partial charge in [0.1, 0.15) is 6.04 Å². The molecule has 0 saturated heterocycles. The van der Waals surface area contributed by atoms with Crippen LogP contribution in [0.2, 0.25) is 0 Å². The Kier molecular flexibility index (Phi) is 5.14. The van der Waals surface area contributed by atoms with Crippen LogP contribution >= 0.6 is 0 Å². The summed E-state index contributed by atoms with van der Waals surface area (Å²) in [7, 11) is -2.48. The van der Waals surface area contributed by atoms with Crippen molar-refractivity contribution >= 4 is 21.8 Å². The van der Waals surface area contributed by atoms with Crippen LogP contribution in [0.15, 0.2) is 59.5 Å². The van der Waals surface area contributed by atoms with Gasteiger partial charge in [0.2, 0.25) is 21.8 Å². The molecule has 1 atom stereocenters. The molecule has 0 radical (unpaired) electrons. The van der Waals surface area contributed by atoms with Crippen LogP contribution in [-0.2, 0) is 26.2 Å². The van der Waals surface area contributed by atoms with Crippen molar-refractivity contribution in [1.82, 2.24) is 14.5 Å². The van der Waals surface area contributed by atoms with E-state index in [0.717, 1.165) is 22.7 Å². The fraction of sp³-hybridized carbons (Fsp3) is 0.333. The van der Waals surface area contributed by atoms with E-state index in [4.69, 9.17) is 0 Å².